The molecule has 0 radical (unpaired) electrons. The Labute approximate surface area is 164 Å². The second-order valence-electron chi connectivity index (χ2n) is 7.76. The maximum Gasteiger partial charge on any atom is 0.109 e. The van der Waals surface area contributed by atoms with Gasteiger partial charge in [0.05, 0.1) is 5.69 Å². The highest BCUT2D eigenvalue weighted by Crippen LogP contribution is 2.36. The fraction of sp³-hybridized carbons (Fsp3) is 0.609. The third-order valence-electron chi connectivity index (χ3n) is 4.69. The maximum absolute atomic E-state index is 5.08. The molecule has 0 saturated heterocycles. The maximum atomic E-state index is 5.08. The van der Waals surface area contributed by atoms with Crippen molar-refractivity contribution in [1.29, 1.82) is 0 Å². The van der Waals surface area contributed by atoms with Gasteiger partial charge < -0.3 is 4.57 Å². The van der Waals surface area contributed by atoms with Crippen LogP contribution in [0.3, 0.4) is 0 Å². The van der Waals surface area contributed by atoms with E-state index in [1.807, 2.05) is 11.8 Å². The van der Waals surface area contributed by atoms with Crippen molar-refractivity contribution >= 4 is 11.8 Å². The van der Waals surface area contributed by atoms with Crippen molar-refractivity contribution in [3.8, 4) is 0 Å². The number of hydrogen-bond acceptors (Lipinski definition) is 2. The van der Waals surface area contributed by atoms with Crippen LogP contribution in [-0.2, 0) is 13.0 Å². The van der Waals surface area contributed by atoms with Crippen molar-refractivity contribution in [3.05, 3.63) is 40.8 Å². The lowest BCUT2D eigenvalue weighted by Gasteiger charge is -2.14. The number of hydrogen-bond donors (Lipinski definition) is 0. The lowest BCUT2D eigenvalue weighted by atomic mass is 10.1. The van der Waals surface area contributed by atoms with E-state index >= 15 is 0 Å². The second-order valence-corrected chi connectivity index (χ2v) is 8.82. The highest BCUT2D eigenvalue weighted by molar-refractivity contribution is 7.99. The summed E-state index contributed by atoms with van der Waals surface area (Å²) in [4.78, 5) is 6.42. The molecule has 0 spiro atoms. The summed E-state index contributed by atoms with van der Waals surface area (Å²) >= 11 is 1.91. The molecule has 0 aliphatic rings. The fourth-order valence-electron chi connectivity index (χ4n) is 3.43. The Morgan fingerprint density at radius 3 is 2.23 bits per heavy atom. The molecule has 1 aromatic carbocycles. The molecule has 1 heterocycles. The molecule has 0 N–H and O–H groups in total. The molecule has 0 aliphatic heterocycles. The van der Waals surface area contributed by atoms with Crippen molar-refractivity contribution in [3.63, 3.8) is 0 Å². The predicted molar refractivity (Wildman–Crippen MR) is 114 cm³/mol. The SMILES string of the molecule is CCCCCCn1c(CCC)nc(C(C)C)c1Sc1cc(C)cc(C)c1. The molecule has 0 amide bonds. The van der Waals surface area contributed by atoms with Crippen molar-refractivity contribution in [2.24, 2.45) is 0 Å². The third kappa shape index (κ3) is 5.64. The number of benzene rings is 1. The van der Waals surface area contributed by atoms with Crippen LogP contribution >= 0.6 is 11.8 Å². The van der Waals surface area contributed by atoms with Gasteiger partial charge in [-0.05, 0) is 55.9 Å². The number of aromatic nitrogens is 2. The first-order chi connectivity index (χ1) is 12.5. The molecular formula is C23H36N2S. The van der Waals surface area contributed by atoms with Crippen LogP contribution in [0, 0.1) is 13.8 Å². The summed E-state index contributed by atoms with van der Waals surface area (Å²) in [5, 5.41) is 1.37. The number of unbranched alkanes of at least 4 members (excludes halogenated alkanes) is 3. The molecule has 26 heavy (non-hydrogen) atoms. The van der Waals surface area contributed by atoms with E-state index in [-0.39, 0.29) is 0 Å². The summed E-state index contributed by atoms with van der Waals surface area (Å²) in [6.07, 6.45) is 7.39. The molecule has 2 aromatic rings. The molecule has 0 unspecified atom stereocenters. The van der Waals surface area contributed by atoms with Crippen LogP contribution < -0.4 is 0 Å². The Morgan fingerprint density at radius 2 is 1.65 bits per heavy atom. The zero-order valence-corrected chi connectivity index (χ0v) is 18.4. The summed E-state index contributed by atoms with van der Waals surface area (Å²) in [6.45, 7) is 14.5. The van der Waals surface area contributed by atoms with Gasteiger partial charge in [-0.2, -0.15) is 0 Å². The quantitative estimate of drug-likeness (QED) is 0.407. The van der Waals surface area contributed by atoms with Gasteiger partial charge in [0, 0.05) is 17.9 Å². The minimum Gasteiger partial charge on any atom is -0.323 e. The summed E-state index contributed by atoms with van der Waals surface area (Å²) < 4.78 is 2.52. The topological polar surface area (TPSA) is 17.8 Å². The Bertz CT molecular complexity index is 680. The first-order valence-corrected chi connectivity index (χ1v) is 11.1. The van der Waals surface area contributed by atoms with Crippen molar-refractivity contribution in [2.45, 2.75) is 102 Å². The Balaban J connectivity index is 2.38. The zero-order chi connectivity index (χ0) is 19.1. The van der Waals surface area contributed by atoms with E-state index in [2.05, 4.69) is 64.3 Å². The summed E-state index contributed by atoms with van der Waals surface area (Å²) in [6, 6.07) is 6.85. The number of aryl methyl sites for hydroxylation is 3. The van der Waals surface area contributed by atoms with E-state index in [9.17, 15) is 0 Å². The first kappa shape index (κ1) is 21.1. The molecule has 0 aliphatic carbocycles. The van der Waals surface area contributed by atoms with E-state index in [0.29, 0.717) is 5.92 Å². The van der Waals surface area contributed by atoms with Gasteiger partial charge in [-0.3, -0.25) is 0 Å². The highest BCUT2D eigenvalue weighted by atomic mass is 32.2. The molecule has 3 heteroatoms. The monoisotopic (exact) mass is 372 g/mol. The van der Waals surface area contributed by atoms with Crippen molar-refractivity contribution in [2.75, 3.05) is 0 Å². The predicted octanol–water partition coefficient (Wildman–Crippen LogP) is 7.31. The molecule has 0 saturated carbocycles. The van der Waals surface area contributed by atoms with Crippen LogP contribution in [0.15, 0.2) is 28.1 Å². The lowest BCUT2D eigenvalue weighted by Crippen LogP contribution is -2.06. The smallest absolute Gasteiger partial charge is 0.109 e. The minimum atomic E-state index is 0.455. The van der Waals surface area contributed by atoms with Gasteiger partial charge in [-0.1, -0.05) is 64.8 Å². The van der Waals surface area contributed by atoms with Gasteiger partial charge in [-0.15, -0.1) is 0 Å². The van der Waals surface area contributed by atoms with Crippen LogP contribution in [0.2, 0.25) is 0 Å². The van der Waals surface area contributed by atoms with Gasteiger partial charge in [0.25, 0.3) is 0 Å². The summed E-state index contributed by atoms with van der Waals surface area (Å²) in [7, 11) is 0. The number of rotatable bonds is 10. The minimum absolute atomic E-state index is 0.455. The highest BCUT2D eigenvalue weighted by Gasteiger charge is 2.20. The van der Waals surface area contributed by atoms with Gasteiger partial charge in [0.1, 0.15) is 10.9 Å². The molecule has 2 rings (SSSR count). The van der Waals surface area contributed by atoms with E-state index in [4.69, 9.17) is 4.98 Å². The molecular weight excluding hydrogens is 336 g/mol. The molecule has 0 bridgehead atoms. The first-order valence-electron chi connectivity index (χ1n) is 10.3. The van der Waals surface area contributed by atoms with E-state index in [1.54, 1.807) is 0 Å². The van der Waals surface area contributed by atoms with E-state index < -0.39 is 0 Å². The Hall–Kier alpha value is -1.22. The average Bonchev–Trinajstić information content (AvgIpc) is 2.89. The molecule has 144 valence electrons. The fourth-order valence-corrected chi connectivity index (χ4v) is 4.84. The Kier molecular flexibility index (Phi) is 8.27. The zero-order valence-electron chi connectivity index (χ0n) is 17.6. The van der Waals surface area contributed by atoms with Crippen LogP contribution in [0.4, 0.5) is 0 Å². The largest absolute Gasteiger partial charge is 0.323 e. The molecule has 0 fully saturated rings. The van der Waals surface area contributed by atoms with E-state index in [0.717, 1.165) is 19.4 Å². The molecule has 2 nitrogen and oxygen atoms in total. The van der Waals surface area contributed by atoms with Crippen LogP contribution in [0.1, 0.15) is 88.4 Å². The summed E-state index contributed by atoms with van der Waals surface area (Å²) in [5.74, 6) is 1.73. The van der Waals surface area contributed by atoms with Crippen molar-refractivity contribution in [1.82, 2.24) is 9.55 Å². The van der Waals surface area contributed by atoms with Gasteiger partial charge in [-0.25, -0.2) is 4.98 Å². The van der Waals surface area contributed by atoms with Crippen LogP contribution in [-0.4, -0.2) is 9.55 Å². The average molecular weight is 373 g/mol. The van der Waals surface area contributed by atoms with Crippen LogP contribution in [0.25, 0.3) is 0 Å². The number of nitrogens with zero attached hydrogens (tertiary/aromatic N) is 2. The normalized spacial score (nSPS) is 11.5. The standard InChI is InChI=1S/C23H36N2S/c1-7-9-10-11-13-25-21(12-8-2)24-22(17(3)4)23(25)26-20-15-18(5)14-19(6)16-20/h14-17H,7-13H2,1-6H3. The third-order valence-corrected chi connectivity index (χ3v) is 5.79. The van der Waals surface area contributed by atoms with Gasteiger partial charge in [0.15, 0.2) is 0 Å². The summed E-state index contributed by atoms with van der Waals surface area (Å²) in [5.41, 5.74) is 3.94. The van der Waals surface area contributed by atoms with Gasteiger partial charge >= 0.3 is 0 Å². The van der Waals surface area contributed by atoms with E-state index in [1.165, 1.54) is 58.2 Å². The van der Waals surface area contributed by atoms with Crippen molar-refractivity contribution < 1.29 is 0 Å². The number of imidazole rings is 1. The molecule has 0 atom stereocenters. The Morgan fingerprint density at radius 1 is 0.962 bits per heavy atom. The second kappa shape index (κ2) is 10.2. The lowest BCUT2D eigenvalue weighted by molar-refractivity contribution is 0.536. The van der Waals surface area contributed by atoms with Crippen LogP contribution in [0.5, 0.6) is 0 Å². The van der Waals surface area contributed by atoms with Gasteiger partial charge in [0.2, 0.25) is 0 Å². The molecule has 1 aromatic heterocycles.